The molecule has 0 spiro atoms. The second kappa shape index (κ2) is 12.4. The second-order valence-corrected chi connectivity index (χ2v) is 5.36. The Hall–Kier alpha value is -0.0800. The second-order valence-electron chi connectivity index (χ2n) is 5.36. The summed E-state index contributed by atoms with van der Waals surface area (Å²) < 4.78 is 0. The fourth-order valence-corrected chi connectivity index (χ4v) is 2.02. The van der Waals surface area contributed by atoms with Crippen LogP contribution < -0.4 is 5.32 Å². The van der Waals surface area contributed by atoms with Gasteiger partial charge in [-0.15, -0.1) is 0 Å². The van der Waals surface area contributed by atoms with Crippen LogP contribution in [0.15, 0.2) is 0 Å². The minimum atomic E-state index is 0.614. The maximum absolute atomic E-state index is 3.52. The summed E-state index contributed by atoms with van der Waals surface area (Å²) in [7, 11) is 0. The molecule has 0 atom stereocenters. The first kappa shape index (κ1) is 16.9. The van der Waals surface area contributed by atoms with Crippen molar-refractivity contribution in [3.05, 3.63) is 0 Å². The Kier molecular flexibility index (Phi) is 12.3. The molecule has 0 aromatic carbocycles. The Morgan fingerprint density at radius 2 is 1.35 bits per heavy atom. The van der Waals surface area contributed by atoms with Gasteiger partial charge in [-0.3, -0.25) is 0 Å². The van der Waals surface area contributed by atoms with Gasteiger partial charge in [-0.2, -0.15) is 0 Å². The van der Waals surface area contributed by atoms with Crippen LogP contribution in [-0.2, 0) is 0 Å². The maximum atomic E-state index is 3.52. The van der Waals surface area contributed by atoms with Crippen molar-refractivity contribution in [2.75, 3.05) is 26.2 Å². The molecule has 2 heteroatoms. The average molecular weight is 242 g/mol. The first-order valence-corrected chi connectivity index (χ1v) is 7.66. The molecule has 0 amide bonds. The molecule has 0 bridgehead atoms. The molecular weight excluding hydrogens is 208 g/mol. The fraction of sp³-hybridized carbons (Fsp3) is 1.00. The zero-order valence-electron chi connectivity index (χ0n) is 12.6. The Labute approximate surface area is 109 Å². The molecule has 0 heterocycles. The smallest absolute Gasteiger partial charge is 0.0107 e. The van der Waals surface area contributed by atoms with Gasteiger partial charge in [-0.25, -0.2) is 0 Å². The summed E-state index contributed by atoms with van der Waals surface area (Å²) in [6, 6.07) is 0.614. The van der Waals surface area contributed by atoms with Crippen LogP contribution in [0.5, 0.6) is 0 Å². The van der Waals surface area contributed by atoms with Crippen molar-refractivity contribution in [2.45, 2.75) is 72.3 Å². The van der Waals surface area contributed by atoms with Crippen LogP contribution in [0.2, 0.25) is 0 Å². The molecule has 1 N–H and O–H groups in total. The first-order chi connectivity index (χ1) is 8.20. The molecule has 0 unspecified atom stereocenters. The van der Waals surface area contributed by atoms with Crippen molar-refractivity contribution in [1.82, 2.24) is 10.2 Å². The van der Waals surface area contributed by atoms with E-state index in [0.717, 1.165) is 6.54 Å². The van der Waals surface area contributed by atoms with Crippen LogP contribution in [0.25, 0.3) is 0 Å². The highest BCUT2D eigenvalue weighted by Crippen LogP contribution is 2.02. The number of nitrogens with one attached hydrogen (secondary N) is 1. The van der Waals surface area contributed by atoms with E-state index in [4.69, 9.17) is 0 Å². The van der Waals surface area contributed by atoms with Gasteiger partial charge in [0.15, 0.2) is 0 Å². The molecule has 17 heavy (non-hydrogen) atoms. The quantitative estimate of drug-likeness (QED) is 0.525. The van der Waals surface area contributed by atoms with E-state index in [0.29, 0.717) is 6.04 Å². The van der Waals surface area contributed by atoms with Crippen molar-refractivity contribution >= 4 is 0 Å². The summed E-state index contributed by atoms with van der Waals surface area (Å²) in [5, 5.41) is 3.52. The van der Waals surface area contributed by atoms with E-state index in [-0.39, 0.29) is 0 Å². The van der Waals surface area contributed by atoms with Gasteiger partial charge in [0.1, 0.15) is 0 Å². The Morgan fingerprint density at radius 3 is 1.76 bits per heavy atom. The standard InChI is InChI=1S/C15H34N2/c1-5-7-9-12-17(13-10-8-6-2)14-11-16-15(3)4/h15-16H,5-14H2,1-4H3. The van der Waals surface area contributed by atoms with Crippen LogP contribution in [0, 0.1) is 0 Å². The molecule has 0 aliphatic heterocycles. The van der Waals surface area contributed by atoms with Gasteiger partial charge in [-0.1, -0.05) is 53.4 Å². The number of nitrogens with zero attached hydrogens (tertiary/aromatic N) is 1. The minimum Gasteiger partial charge on any atom is -0.313 e. The van der Waals surface area contributed by atoms with E-state index in [1.54, 1.807) is 0 Å². The largest absolute Gasteiger partial charge is 0.313 e. The summed E-state index contributed by atoms with van der Waals surface area (Å²) in [5.41, 5.74) is 0. The molecule has 0 fully saturated rings. The van der Waals surface area contributed by atoms with Crippen molar-refractivity contribution in [2.24, 2.45) is 0 Å². The first-order valence-electron chi connectivity index (χ1n) is 7.66. The van der Waals surface area contributed by atoms with Gasteiger partial charge in [0.2, 0.25) is 0 Å². The third-order valence-electron chi connectivity index (χ3n) is 3.14. The van der Waals surface area contributed by atoms with Crippen molar-refractivity contribution in [3.63, 3.8) is 0 Å². The highest BCUT2D eigenvalue weighted by molar-refractivity contribution is 4.62. The van der Waals surface area contributed by atoms with Crippen LogP contribution >= 0.6 is 0 Å². The molecule has 0 radical (unpaired) electrons. The van der Waals surface area contributed by atoms with Crippen molar-refractivity contribution in [3.8, 4) is 0 Å². The highest BCUT2D eigenvalue weighted by atomic mass is 15.1. The van der Waals surface area contributed by atoms with E-state index in [9.17, 15) is 0 Å². The monoisotopic (exact) mass is 242 g/mol. The average Bonchev–Trinajstić information content (AvgIpc) is 2.28. The Morgan fingerprint density at radius 1 is 0.824 bits per heavy atom. The Balaban J connectivity index is 3.67. The van der Waals surface area contributed by atoms with Gasteiger partial charge in [0, 0.05) is 19.1 Å². The summed E-state index contributed by atoms with van der Waals surface area (Å²) in [6.07, 6.45) is 8.14. The zero-order valence-corrected chi connectivity index (χ0v) is 12.6. The molecule has 0 aliphatic rings. The fourth-order valence-electron chi connectivity index (χ4n) is 2.02. The van der Waals surface area contributed by atoms with E-state index >= 15 is 0 Å². The number of unbranched alkanes of at least 4 members (excludes halogenated alkanes) is 4. The van der Waals surface area contributed by atoms with E-state index < -0.39 is 0 Å². The molecular formula is C15H34N2. The SMILES string of the molecule is CCCCCN(CCCCC)CCNC(C)C. The lowest BCUT2D eigenvalue weighted by Gasteiger charge is -2.23. The number of hydrogen-bond acceptors (Lipinski definition) is 2. The Bertz CT molecular complexity index is 136. The predicted molar refractivity (Wildman–Crippen MR) is 78.6 cm³/mol. The molecule has 104 valence electrons. The van der Waals surface area contributed by atoms with Crippen LogP contribution in [-0.4, -0.2) is 37.1 Å². The van der Waals surface area contributed by atoms with Gasteiger partial charge in [0.05, 0.1) is 0 Å². The molecule has 2 nitrogen and oxygen atoms in total. The summed E-state index contributed by atoms with van der Waals surface area (Å²) in [4.78, 5) is 2.64. The molecule has 0 aromatic rings. The summed E-state index contributed by atoms with van der Waals surface area (Å²) in [5.74, 6) is 0. The van der Waals surface area contributed by atoms with Gasteiger partial charge < -0.3 is 10.2 Å². The van der Waals surface area contributed by atoms with E-state index in [1.807, 2.05) is 0 Å². The van der Waals surface area contributed by atoms with Crippen LogP contribution in [0.1, 0.15) is 66.2 Å². The molecule has 0 aromatic heterocycles. The maximum Gasteiger partial charge on any atom is 0.0107 e. The predicted octanol–water partition coefficient (Wildman–Crippen LogP) is 3.67. The highest BCUT2D eigenvalue weighted by Gasteiger charge is 2.04. The summed E-state index contributed by atoms with van der Waals surface area (Å²) in [6.45, 7) is 13.9. The topological polar surface area (TPSA) is 15.3 Å². The molecule has 0 aliphatic carbocycles. The van der Waals surface area contributed by atoms with Gasteiger partial charge in [0.25, 0.3) is 0 Å². The van der Waals surface area contributed by atoms with Crippen LogP contribution in [0.3, 0.4) is 0 Å². The normalized spacial score (nSPS) is 11.6. The molecule has 0 saturated carbocycles. The number of hydrogen-bond donors (Lipinski definition) is 1. The molecule has 0 saturated heterocycles. The lowest BCUT2D eigenvalue weighted by molar-refractivity contribution is 0.259. The third-order valence-corrected chi connectivity index (χ3v) is 3.14. The minimum absolute atomic E-state index is 0.614. The lowest BCUT2D eigenvalue weighted by Crippen LogP contribution is -2.36. The number of rotatable bonds is 12. The van der Waals surface area contributed by atoms with Gasteiger partial charge in [-0.05, 0) is 25.9 Å². The van der Waals surface area contributed by atoms with E-state index in [2.05, 4.69) is 37.9 Å². The van der Waals surface area contributed by atoms with E-state index in [1.165, 1.54) is 58.2 Å². The zero-order chi connectivity index (χ0) is 12.9. The van der Waals surface area contributed by atoms with Crippen LogP contribution in [0.4, 0.5) is 0 Å². The third kappa shape index (κ3) is 12.2. The molecule has 0 rings (SSSR count). The van der Waals surface area contributed by atoms with Crippen molar-refractivity contribution < 1.29 is 0 Å². The van der Waals surface area contributed by atoms with Crippen molar-refractivity contribution in [1.29, 1.82) is 0 Å². The summed E-state index contributed by atoms with van der Waals surface area (Å²) >= 11 is 0. The lowest BCUT2D eigenvalue weighted by atomic mass is 10.2. The van der Waals surface area contributed by atoms with Gasteiger partial charge >= 0.3 is 0 Å².